The minimum Gasteiger partial charge on any atom is -0.399 e. The molecule has 0 radical (unpaired) electrons. The van der Waals surface area contributed by atoms with Crippen LogP contribution in [0.3, 0.4) is 0 Å². The van der Waals surface area contributed by atoms with E-state index in [0.717, 1.165) is 23.5 Å². The van der Waals surface area contributed by atoms with E-state index in [0.29, 0.717) is 5.92 Å². The van der Waals surface area contributed by atoms with Crippen LogP contribution in [0.15, 0.2) is 30.3 Å². The van der Waals surface area contributed by atoms with E-state index in [-0.39, 0.29) is 0 Å². The van der Waals surface area contributed by atoms with Gasteiger partial charge in [0.1, 0.15) is 0 Å². The van der Waals surface area contributed by atoms with E-state index in [2.05, 4.69) is 31.9 Å². The fourth-order valence-electron chi connectivity index (χ4n) is 1.85. The molecule has 0 fully saturated rings. The minimum absolute atomic E-state index is 0.459. The van der Waals surface area contributed by atoms with Crippen molar-refractivity contribution in [3.05, 3.63) is 41.7 Å². The van der Waals surface area contributed by atoms with Crippen molar-refractivity contribution >= 4 is 5.69 Å². The number of aromatic nitrogens is 2. The molecule has 0 atom stereocenters. The molecular formula is C14H19N3. The fourth-order valence-corrected chi connectivity index (χ4v) is 1.85. The molecule has 0 spiro atoms. The zero-order valence-electron chi connectivity index (χ0n) is 10.6. The maximum atomic E-state index is 5.70. The quantitative estimate of drug-likeness (QED) is 0.822. The van der Waals surface area contributed by atoms with E-state index in [9.17, 15) is 0 Å². The number of benzene rings is 1. The van der Waals surface area contributed by atoms with E-state index in [4.69, 9.17) is 5.73 Å². The summed E-state index contributed by atoms with van der Waals surface area (Å²) in [6, 6.07) is 10.0. The molecule has 0 aliphatic carbocycles. The molecule has 0 saturated heterocycles. The highest BCUT2D eigenvalue weighted by Gasteiger charge is 2.11. The number of nitrogens with two attached hydrogens (primary N) is 1. The van der Waals surface area contributed by atoms with E-state index < -0.39 is 0 Å². The molecule has 2 N–H and O–H groups in total. The molecule has 2 aromatic rings. The summed E-state index contributed by atoms with van der Waals surface area (Å²) in [7, 11) is 0. The Bertz CT molecular complexity index is 495. The molecule has 3 heteroatoms. The average molecular weight is 229 g/mol. The maximum absolute atomic E-state index is 5.70. The van der Waals surface area contributed by atoms with E-state index in [1.54, 1.807) is 0 Å². The van der Waals surface area contributed by atoms with Crippen LogP contribution in [0, 0.1) is 0 Å². The molecule has 0 aliphatic heterocycles. The van der Waals surface area contributed by atoms with Gasteiger partial charge in [-0.2, -0.15) is 5.10 Å². The van der Waals surface area contributed by atoms with Gasteiger partial charge in [-0.05, 0) is 42.7 Å². The van der Waals surface area contributed by atoms with Crippen LogP contribution in [0.5, 0.6) is 0 Å². The SMILES string of the molecule is CCc1cc(C(C)C)n(-c2ccc(N)cc2)n1. The van der Waals surface area contributed by atoms with Crippen LogP contribution in [0.25, 0.3) is 5.69 Å². The predicted molar refractivity (Wildman–Crippen MR) is 71.4 cm³/mol. The summed E-state index contributed by atoms with van der Waals surface area (Å²) in [6.07, 6.45) is 0.960. The molecule has 1 aromatic heterocycles. The highest BCUT2D eigenvalue weighted by molar-refractivity contribution is 5.45. The highest BCUT2D eigenvalue weighted by atomic mass is 15.3. The van der Waals surface area contributed by atoms with Gasteiger partial charge in [0.05, 0.1) is 11.4 Å². The van der Waals surface area contributed by atoms with Gasteiger partial charge in [0.25, 0.3) is 0 Å². The van der Waals surface area contributed by atoms with E-state index in [1.165, 1.54) is 5.69 Å². The second kappa shape index (κ2) is 4.62. The Morgan fingerprint density at radius 3 is 2.41 bits per heavy atom. The number of anilines is 1. The number of rotatable bonds is 3. The maximum Gasteiger partial charge on any atom is 0.0650 e. The van der Waals surface area contributed by atoms with Crippen molar-refractivity contribution in [1.82, 2.24) is 9.78 Å². The van der Waals surface area contributed by atoms with Crippen molar-refractivity contribution in [2.45, 2.75) is 33.1 Å². The van der Waals surface area contributed by atoms with Gasteiger partial charge < -0.3 is 5.73 Å². The second-order valence-corrected chi connectivity index (χ2v) is 4.57. The molecule has 0 unspecified atom stereocenters. The van der Waals surface area contributed by atoms with Crippen molar-refractivity contribution in [2.24, 2.45) is 0 Å². The summed E-state index contributed by atoms with van der Waals surface area (Å²) in [5.74, 6) is 0.459. The van der Waals surface area contributed by atoms with Crippen molar-refractivity contribution in [2.75, 3.05) is 5.73 Å². The van der Waals surface area contributed by atoms with Crippen molar-refractivity contribution in [3.63, 3.8) is 0 Å². The first-order valence-corrected chi connectivity index (χ1v) is 6.06. The van der Waals surface area contributed by atoms with Crippen molar-refractivity contribution in [3.8, 4) is 5.69 Å². The first kappa shape index (κ1) is 11.7. The smallest absolute Gasteiger partial charge is 0.0650 e. The molecule has 1 aromatic carbocycles. The average Bonchev–Trinajstić information content (AvgIpc) is 2.74. The van der Waals surface area contributed by atoms with Crippen molar-refractivity contribution in [1.29, 1.82) is 0 Å². The lowest BCUT2D eigenvalue weighted by atomic mass is 10.1. The molecule has 17 heavy (non-hydrogen) atoms. The van der Waals surface area contributed by atoms with Gasteiger partial charge >= 0.3 is 0 Å². The third-order valence-electron chi connectivity index (χ3n) is 2.88. The molecule has 90 valence electrons. The molecule has 1 heterocycles. The standard InChI is InChI=1S/C14H19N3/c1-4-12-9-14(10(2)3)17(16-12)13-7-5-11(15)6-8-13/h5-10H,4,15H2,1-3H3. The topological polar surface area (TPSA) is 43.8 Å². The first-order chi connectivity index (χ1) is 8.11. The van der Waals surface area contributed by atoms with Crippen LogP contribution < -0.4 is 5.73 Å². The van der Waals surface area contributed by atoms with Gasteiger partial charge in [0.15, 0.2) is 0 Å². The Labute approximate surface area is 102 Å². The number of nitrogen functional groups attached to an aromatic ring is 1. The van der Waals surface area contributed by atoms with Gasteiger partial charge in [-0.3, -0.25) is 0 Å². The van der Waals surface area contributed by atoms with Crippen molar-refractivity contribution < 1.29 is 0 Å². The van der Waals surface area contributed by atoms with Gasteiger partial charge in [0.2, 0.25) is 0 Å². The molecule has 0 bridgehead atoms. The normalized spacial score (nSPS) is 11.1. The van der Waals surface area contributed by atoms with Gasteiger partial charge in [-0.25, -0.2) is 4.68 Å². The third kappa shape index (κ3) is 2.33. The summed E-state index contributed by atoms with van der Waals surface area (Å²) >= 11 is 0. The zero-order chi connectivity index (χ0) is 12.4. The van der Waals surface area contributed by atoms with Crippen LogP contribution >= 0.6 is 0 Å². The van der Waals surface area contributed by atoms with Gasteiger partial charge in [-0.15, -0.1) is 0 Å². The molecule has 0 amide bonds. The van der Waals surface area contributed by atoms with Crippen LogP contribution in [0.1, 0.15) is 38.1 Å². The number of aryl methyl sites for hydroxylation is 1. The molecule has 0 aliphatic rings. The van der Waals surface area contributed by atoms with Crippen LogP contribution in [-0.2, 0) is 6.42 Å². The zero-order valence-corrected chi connectivity index (χ0v) is 10.6. The number of hydrogen-bond donors (Lipinski definition) is 1. The van der Waals surface area contributed by atoms with E-state index in [1.807, 2.05) is 28.9 Å². The summed E-state index contributed by atoms with van der Waals surface area (Å²) in [5, 5.41) is 4.63. The molecular weight excluding hydrogens is 210 g/mol. The first-order valence-electron chi connectivity index (χ1n) is 6.06. The van der Waals surface area contributed by atoms with Crippen LogP contribution in [0.2, 0.25) is 0 Å². The summed E-state index contributed by atoms with van der Waals surface area (Å²) in [6.45, 7) is 6.49. The summed E-state index contributed by atoms with van der Waals surface area (Å²) in [5.41, 5.74) is 9.93. The number of nitrogens with zero attached hydrogens (tertiary/aromatic N) is 2. The molecule has 2 rings (SSSR count). The lowest BCUT2D eigenvalue weighted by molar-refractivity contribution is 0.728. The minimum atomic E-state index is 0.459. The number of hydrogen-bond acceptors (Lipinski definition) is 2. The molecule has 0 saturated carbocycles. The summed E-state index contributed by atoms with van der Waals surface area (Å²) < 4.78 is 2.02. The largest absolute Gasteiger partial charge is 0.399 e. The Morgan fingerprint density at radius 2 is 1.88 bits per heavy atom. The van der Waals surface area contributed by atoms with Gasteiger partial charge in [0, 0.05) is 11.4 Å². The van der Waals surface area contributed by atoms with Crippen LogP contribution in [-0.4, -0.2) is 9.78 Å². The highest BCUT2D eigenvalue weighted by Crippen LogP contribution is 2.21. The molecule has 3 nitrogen and oxygen atoms in total. The Balaban J connectivity index is 2.49. The monoisotopic (exact) mass is 229 g/mol. The van der Waals surface area contributed by atoms with Gasteiger partial charge in [-0.1, -0.05) is 20.8 Å². The Kier molecular flexibility index (Phi) is 3.18. The Morgan fingerprint density at radius 1 is 1.24 bits per heavy atom. The second-order valence-electron chi connectivity index (χ2n) is 4.57. The summed E-state index contributed by atoms with van der Waals surface area (Å²) in [4.78, 5) is 0. The van der Waals surface area contributed by atoms with E-state index >= 15 is 0 Å². The Hall–Kier alpha value is -1.77. The lowest BCUT2D eigenvalue weighted by Crippen LogP contribution is -2.03. The third-order valence-corrected chi connectivity index (χ3v) is 2.88. The predicted octanol–water partition coefficient (Wildman–Crippen LogP) is 3.14. The fraction of sp³-hybridized carbons (Fsp3) is 0.357. The van der Waals surface area contributed by atoms with Crippen LogP contribution in [0.4, 0.5) is 5.69 Å². The lowest BCUT2D eigenvalue weighted by Gasteiger charge is -2.10.